The van der Waals surface area contributed by atoms with Gasteiger partial charge in [-0.05, 0) is 50.0 Å². The fourth-order valence-electron chi connectivity index (χ4n) is 3.45. The lowest BCUT2D eigenvalue weighted by molar-refractivity contribution is 0.319. The quantitative estimate of drug-likeness (QED) is 0.445. The summed E-state index contributed by atoms with van der Waals surface area (Å²) in [6, 6.07) is 13.1. The summed E-state index contributed by atoms with van der Waals surface area (Å²) in [4.78, 5) is 10.9. The van der Waals surface area contributed by atoms with Gasteiger partial charge >= 0.3 is 0 Å². The van der Waals surface area contributed by atoms with Gasteiger partial charge in [0, 0.05) is 12.7 Å². The zero-order valence-electron chi connectivity index (χ0n) is 18.9. The number of aryl methyl sites for hydroxylation is 2. The maximum absolute atomic E-state index is 12.9. The molecule has 3 rings (SSSR count). The van der Waals surface area contributed by atoms with Gasteiger partial charge in [0.25, 0.3) is 0 Å². The topological polar surface area (TPSA) is 101 Å². The maximum atomic E-state index is 12.9. The Morgan fingerprint density at radius 3 is 2.53 bits per heavy atom. The summed E-state index contributed by atoms with van der Waals surface area (Å²) in [6.07, 6.45) is 2.84. The summed E-state index contributed by atoms with van der Waals surface area (Å²) >= 11 is 0. The Hall–Kier alpha value is -2.62. The molecule has 1 N–H and O–H groups in total. The normalized spacial score (nSPS) is 12.9. The van der Waals surface area contributed by atoms with E-state index in [2.05, 4.69) is 24.7 Å². The minimum atomic E-state index is -3.55. The average Bonchev–Trinajstić information content (AvgIpc) is 3.28. The van der Waals surface area contributed by atoms with Crippen molar-refractivity contribution in [3.63, 3.8) is 0 Å². The van der Waals surface area contributed by atoms with Crippen LogP contribution in [0.15, 0.2) is 53.2 Å². The molecule has 172 valence electrons. The van der Waals surface area contributed by atoms with Crippen molar-refractivity contribution >= 4 is 10.0 Å². The average molecular weight is 458 g/mol. The minimum Gasteiger partial charge on any atom is -0.337 e. The molecule has 8 nitrogen and oxygen atoms in total. The maximum Gasteiger partial charge on any atom is 0.245 e. The molecule has 1 atom stereocenters. The predicted molar refractivity (Wildman–Crippen MR) is 124 cm³/mol. The van der Waals surface area contributed by atoms with Gasteiger partial charge < -0.3 is 9.42 Å². The molecule has 1 aromatic carbocycles. The summed E-state index contributed by atoms with van der Waals surface area (Å²) in [5.41, 5.74) is 2.65. The van der Waals surface area contributed by atoms with Crippen molar-refractivity contribution in [1.29, 1.82) is 0 Å². The molecule has 0 unspecified atom stereocenters. The second-order valence-electron chi connectivity index (χ2n) is 7.67. The monoisotopic (exact) mass is 457 g/mol. The Balaban J connectivity index is 1.80. The van der Waals surface area contributed by atoms with E-state index >= 15 is 0 Å². The van der Waals surface area contributed by atoms with Crippen molar-refractivity contribution in [3.05, 3.63) is 65.7 Å². The molecule has 9 heteroatoms. The molecular formula is C23H31N5O3S. The highest BCUT2D eigenvalue weighted by Crippen LogP contribution is 2.23. The number of aromatic nitrogens is 3. The lowest BCUT2D eigenvalue weighted by Crippen LogP contribution is -2.36. The van der Waals surface area contributed by atoms with Crippen molar-refractivity contribution < 1.29 is 12.9 Å². The van der Waals surface area contributed by atoms with Gasteiger partial charge in [0.05, 0.1) is 5.75 Å². The van der Waals surface area contributed by atoms with E-state index in [0.29, 0.717) is 30.9 Å². The zero-order valence-corrected chi connectivity index (χ0v) is 19.7. The van der Waals surface area contributed by atoms with Crippen LogP contribution in [0, 0.1) is 6.92 Å². The molecule has 0 bridgehead atoms. The fraction of sp³-hybridized carbons (Fsp3) is 0.435. The Labute approximate surface area is 190 Å². The van der Waals surface area contributed by atoms with Crippen LogP contribution in [0.3, 0.4) is 0 Å². The molecule has 2 heterocycles. The zero-order chi connectivity index (χ0) is 23.0. The van der Waals surface area contributed by atoms with E-state index in [4.69, 9.17) is 4.52 Å². The van der Waals surface area contributed by atoms with E-state index in [1.54, 1.807) is 6.20 Å². The third-order valence-electron chi connectivity index (χ3n) is 5.42. The van der Waals surface area contributed by atoms with E-state index in [1.165, 1.54) is 0 Å². The van der Waals surface area contributed by atoms with Crippen LogP contribution in [-0.4, -0.2) is 53.8 Å². The van der Waals surface area contributed by atoms with Crippen LogP contribution in [0.1, 0.15) is 43.3 Å². The standard InChI is InChI=1S/C23H31N5O3S/c1-4-28(5-2)16-17-32(29,30)27-20(14-13-19-11-7-6-8-12-19)23-25-22(26-31-23)21-18(3)10-9-15-24-21/h6-12,15,20,27H,4-5,13-14,16-17H2,1-3H3/t20-/m1/s1. The van der Waals surface area contributed by atoms with Crippen molar-refractivity contribution in [2.24, 2.45) is 0 Å². The van der Waals surface area contributed by atoms with Gasteiger partial charge in [-0.1, -0.05) is 55.4 Å². The highest BCUT2D eigenvalue weighted by atomic mass is 32.2. The molecule has 0 saturated carbocycles. The summed E-state index contributed by atoms with van der Waals surface area (Å²) in [5.74, 6) is 0.606. The van der Waals surface area contributed by atoms with Gasteiger partial charge in [-0.3, -0.25) is 4.98 Å². The number of nitrogens with one attached hydrogen (secondary N) is 1. The van der Waals surface area contributed by atoms with Crippen LogP contribution in [0.4, 0.5) is 0 Å². The van der Waals surface area contributed by atoms with E-state index < -0.39 is 16.1 Å². The first kappa shape index (κ1) is 24.0. The number of sulfonamides is 1. The summed E-state index contributed by atoms with van der Waals surface area (Å²) in [5, 5.41) is 4.06. The molecule has 0 aliphatic carbocycles. The summed E-state index contributed by atoms with van der Waals surface area (Å²) in [6.45, 7) is 8.04. The van der Waals surface area contributed by atoms with E-state index in [9.17, 15) is 8.42 Å². The highest BCUT2D eigenvalue weighted by molar-refractivity contribution is 7.89. The van der Waals surface area contributed by atoms with Crippen LogP contribution in [0.5, 0.6) is 0 Å². The van der Waals surface area contributed by atoms with Crippen molar-refractivity contribution in [2.75, 3.05) is 25.4 Å². The van der Waals surface area contributed by atoms with Crippen molar-refractivity contribution in [1.82, 2.24) is 24.7 Å². The molecule has 0 amide bonds. The third-order valence-corrected chi connectivity index (χ3v) is 6.78. The number of hydrogen-bond acceptors (Lipinski definition) is 7. The van der Waals surface area contributed by atoms with Gasteiger partial charge in [-0.2, -0.15) is 4.98 Å². The molecule has 0 radical (unpaired) electrons. The Bertz CT molecular complexity index is 1080. The highest BCUT2D eigenvalue weighted by Gasteiger charge is 2.26. The molecule has 3 aromatic rings. The molecule has 2 aromatic heterocycles. The molecule has 0 aliphatic heterocycles. The first-order valence-electron chi connectivity index (χ1n) is 10.9. The SMILES string of the molecule is CCN(CC)CCS(=O)(=O)N[C@H](CCc1ccccc1)c1nc(-c2ncccc2C)no1. The van der Waals surface area contributed by atoms with Gasteiger partial charge in [0.1, 0.15) is 11.7 Å². The summed E-state index contributed by atoms with van der Waals surface area (Å²) in [7, 11) is -3.55. The lowest BCUT2D eigenvalue weighted by Gasteiger charge is -2.20. The molecule has 0 aliphatic rings. The van der Waals surface area contributed by atoms with Crippen LogP contribution in [-0.2, 0) is 16.4 Å². The van der Waals surface area contributed by atoms with Crippen molar-refractivity contribution in [2.45, 2.75) is 39.7 Å². The number of benzene rings is 1. The van der Waals surface area contributed by atoms with Gasteiger partial charge in [-0.15, -0.1) is 0 Å². The Morgan fingerprint density at radius 1 is 1.09 bits per heavy atom. The molecule has 0 saturated heterocycles. The molecule has 0 spiro atoms. The van der Waals surface area contributed by atoms with Crippen LogP contribution in [0.25, 0.3) is 11.5 Å². The Morgan fingerprint density at radius 2 is 1.84 bits per heavy atom. The molecule has 32 heavy (non-hydrogen) atoms. The van der Waals surface area contributed by atoms with Gasteiger partial charge in [0.2, 0.25) is 21.7 Å². The van der Waals surface area contributed by atoms with Gasteiger partial charge in [0.15, 0.2) is 0 Å². The lowest BCUT2D eigenvalue weighted by atomic mass is 10.1. The van der Waals surface area contributed by atoms with Crippen molar-refractivity contribution in [3.8, 4) is 11.5 Å². The number of pyridine rings is 1. The largest absolute Gasteiger partial charge is 0.337 e. The minimum absolute atomic E-state index is 0.0108. The smallest absolute Gasteiger partial charge is 0.245 e. The fourth-order valence-corrected chi connectivity index (χ4v) is 4.71. The first-order chi connectivity index (χ1) is 15.4. The van der Waals surface area contributed by atoms with E-state index in [-0.39, 0.29) is 11.6 Å². The molecular weight excluding hydrogens is 426 g/mol. The number of hydrogen-bond donors (Lipinski definition) is 1. The van der Waals surface area contributed by atoms with E-state index in [1.807, 2.05) is 63.2 Å². The third kappa shape index (κ3) is 6.69. The number of nitrogens with zero attached hydrogens (tertiary/aromatic N) is 4. The first-order valence-corrected chi connectivity index (χ1v) is 12.6. The predicted octanol–water partition coefficient (Wildman–Crippen LogP) is 3.38. The van der Waals surface area contributed by atoms with Crippen LogP contribution >= 0.6 is 0 Å². The van der Waals surface area contributed by atoms with Crippen LogP contribution in [0.2, 0.25) is 0 Å². The second-order valence-corrected chi connectivity index (χ2v) is 9.54. The van der Waals surface area contributed by atoms with Crippen LogP contribution < -0.4 is 4.72 Å². The Kier molecular flexibility index (Phi) is 8.49. The number of rotatable bonds is 12. The van der Waals surface area contributed by atoms with Gasteiger partial charge in [-0.25, -0.2) is 13.1 Å². The molecule has 0 fully saturated rings. The second kappa shape index (κ2) is 11.3. The summed E-state index contributed by atoms with van der Waals surface area (Å²) < 4.78 is 34.0. The van der Waals surface area contributed by atoms with E-state index in [0.717, 1.165) is 24.2 Å².